The number of piperidine rings is 1. The monoisotopic (exact) mass is 416 g/mol. The molecule has 0 saturated carbocycles. The predicted molar refractivity (Wildman–Crippen MR) is 114 cm³/mol. The third-order valence-corrected chi connectivity index (χ3v) is 5.55. The van der Waals surface area contributed by atoms with Gasteiger partial charge in [-0.15, -0.1) is 0 Å². The minimum Gasteiger partial charge on any atom is -0.341 e. The minimum absolute atomic E-state index is 0.00360. The summed E-state index contributed by atoms with van der Waals surface area (Å²) in [5.74, 6) is 0.0396. The lowest BCUT2D eigenvalue weighted by Crippen LogP contribution is -2.51. The van der Waals surface area contributed by atoms with Crippen LogP contribution in [0.1, 0.15) is 55.1 Å². The fourth-order valence-electron chi connectivity index (χ4n) is 3.74. The van der Waals surface area contributed by atoms with Crippen molar-refractivity contribution in [2.75, 3.05) is 13.1 Å². The highest BCUT2D eigenvalue weighted by molar-refractivity contribution is 6.30. The van der Waals surface area contributed by atoms with Crippen LogP contribution in [0.5, 0.6) is 0 Å². The van der Waals surface area contributed by atoms with Gasteiger partial charge in [0.15, 0.2) is 0 Å². The highest BCUT2D eigenvalue weighted by atomic mass is 35.5. The second-order valence-electron chi connectivity index (χ2n) is 8.22. The van der Waals surface area contributed by atoms with Crippen molar-refractivity contribution in [3.63, 3.8) is 0 Å². The molecule has 0 spiro atoms. The molecule has 3 rings (SSSR count). The van der Waals surface area contributed by atoms with E-state index in [1.54, 1.807) is 24.3 Å². The Kier molecular flexibility index (Phi) is 6.96. The molecule has 29 heavy (non-hydrogen) atoms. The molecule has 1 aliphatic heterocycles. The molecule has 156 valence electrons. The standard InChI is InChI=1S/C22H29ClN4O2/c1-15(2)12-20(25-21(28)17-4-6-18(23)7-5-17)22(29)26-10-8-19(9-11-26)27-14-16(3)13-24-27/h4-7,13-15,19-20H,8-12H2,1-3H3,(H,25,28). The third-order valence-electron chi connectivity index (χ3n) is 5.30. The first-order chi connectivity index (χ1) is 13.8. The van der Waals surface area contributed by atoms with Gasteiger partial charge in [0.1, 0.15) is 6.04 Å². The zero-order valence-corrected chi connectivity index (χ0v) is 18.0. The molecular formula is C22H29ClN4O2. The van der Waals surface area contributed by atoms with Crippen LogP contribution in [0.3, 0.4) is 0 Å². The first-order valence-electron chi connectivity index (χ1n) is 10.2. The molecule has 1 saturated heterocycles. The van der Waals surface area contributed by atoms with E-state index in [1.807, 2.05) is 22.7 Å². The van der Waals surface area contributed by atoms with Crippen LogP contribution in [-0.2, 0) is 4.79 Å². The quantitative estimate of drug-likeness (QED) is 0.777. The summed E-state index contributed by atoms with van der Waals surface area (Å²) >= 11 is 5.90. The second kappa shape index (κ2) is 9.44. The molecule has 1 aromatic heterocycles. The van der Waals surface area contributed by atoms with E-state index >= 15 is 0 Å². The number of benzene rings is 1. The van der Waals surface area contributed by atoms with Gasteiger partial charge in [-0.3, -0.25) is 14.3 Å². The van der Waals surface area contributed by atoms with E-state index in [2.05, 4.69) is 30.5 Å². The fourth-order valence-corrected chi connectivity index (χ4v) is 3.87. The van der Waals surface area contributed by atoms with Crippen molar-refractivity contribution in [2.24, 2.45) is 5.92 Å². The van der Waals surface area contributed by atoms with Gasteiger partial charge in [-0.2, -0.15) is 5.10 Å². The molecule has 1 aliphatic rings. The lowest BCUT2D eigenvalue weighted by Gasteiger charge is -2.35. The zero-order chi connectivity index (χ0) is 21.0. The average Bonchev–Trinajstić information content (AvgIpc) is 3.13. The average molecular weight is 417 g/mol. The van der Waals surface area contributed by atoms with Crippen molar-refractivity contribution in [3.05, 3.63) is 52.8 Å². The molecule has 1 unspecified atom stereocenters. The summed E-state index contributed by atoms with van der Waals surface area (Å²) in [5.41, 5.74) is 1.65. The van der Waals surface area contributed by atoms with E-state index in [0.717, 1.165) is 18.4 Å². The first-order valence-corrected chi connectivity index (χ1v) is 10.6. The van der Waals surface area contributed by atoms with E-state index in [1.165, 1.54) is 0 Å². The zero-order valence-electron chi connectivity index (χ0n) is 17.3. The molecule has 0 aliphatic carbocycles. The van der Waals surface area contributed by atoms with Crippen LogP contribution in [0.4, 0.5) is 0 Å². The number of hydrogen-bond donors (Lipinski definition) is 1. The number of nitrogens with one attached hydrogen (secondary N) is 1. The molecule has 0 bridgehead atoms. The molecule has 6 nitrogen and oxygen atoms in total. The smallest absolute Gasteiger partial charge is 0.251 e. The van der Waals surface area contributed by atoms with Crippen LogP contribution in [0, 0.1) is 12.8 Å². The number of hydrogen-bond acceptors (Lipinski definition) is 3. The molecule has 1 fully saturated rings. The summed E-state index contributed by atoms with van der Waals surface area (Å²) in [6.07, 6.45) is 6.26. The maximum Gasteiger partial charge on any atom is 0.251 e. The summed E-state index contributed by atoms with van der Waals surface area (Å²) in [5, 5.41) is 7.92. The van der Waals surface area contributed by atoms with Gasteiger partial charge >= 0.3 is 0 Å². The van der Waals surface area contributed by atoms with E-state index in [0.29, 0.717) is 42.1 Å². The molecule has 1 N–H and O–H groups in total. The van der Waals surface area contributed by atoms with Crippen molar-refractivity contribution < 1.29 is 9.59 Å². The summed E-state index contributed by atoms with van der Waals surface area (Å²) in [6.45, 7) is 7.49. The number of aryl methyl sites for hydroxylation is 1. The second-order valence-corrected chi connectivity index (χ2v) is 8.65. The van der Waals surface area contributed by atoms with Gasteiger partial charge < -0.3 is 10.2 Å². The van der Waals surface area contributed by atoms with Crippen molar-refractivity contribution >= 4 is 23.4 Å². The molecule has 2 aromatic rings. The van der Waals surface area contributed by atoms with Gasteiger partial charge in [0.05, 0.1) is 12.2 Å². The largest absolute Gasteiger partial charge is 0.341 e. The van der Waals surface area contributed by atoms with Crippen LogP contribution in [0.2, 0.25) is 5.02 Å². The van der Waals surface area contributed by atoms with Gasteiger partial charge in [0.25, 0.3) is 5.91 Å². The number of likely N-dealkylation sites (tertiary alicyclic amines) is 1. The molecule has 2 heterocycles. The highest BCUT2D eigenvalue weighted by Crippen LogP contribution is 2.23. The van der Waals surface area contributed by atoms with Crippen molar-refractivity contribution in [3.8, 4) is 0 Å². The molecular weight excluding hydrogens is 388 g/mol. The topological polar surface area (TPSA) is 67.2 Å². The third kappa shape index (κ3) is 5.60. The maximum absolute atomic E-state index is 13.2. The van der Waals surface area contributed by atoms with Crippen LogP contribution < -0.4 is 5.32 Å². The Labute approximate surface area is 177 Å². The lowest BCUT2D eigenvalue weighted by molar-refractivity contribution is -0.135. The lowest BCUT2D eigenvalue weighted by atomic mass is 9.99. The number of carbonyl (C=O) groups is 2. The fraction of sp³-hybridized carbons (Fsp3) is 0.500. The number of amides is 2. The molecule has 7 heteroatoms. The Morgan fingerprint density at radius 1 is 1.21 bits per heavy atom. The van der Waals surface area contributed by atoms with Crippen molar-refractivity contribution in [1.29, 1.82) is 0 Å². The Morgan fingerprint density at radius 3 is 2.41 bits per heavy atom. The Balaban J connectivity index is 1.63. The number of halogens is 1. The highest BCUT2D eigenvalue weighted by Gasteiger charge is 2.30. The minimum atomic E-state index is -0.526. The number of rotatable bonds is 6. The summed E-state index contributed by atoms with van der Waals surface area (Å²) < 4.78 is 2.01. The summed E-state index contributed by atoms with van der Waals surface area (Å²) in [4.78, 5) is 27.7. The van der Waals surface area contributed by atoms with Gasteiger partial charge in [-0.05, 0) is 61.9 Å². The number of nitrogens with zero attached hydrogens (tertiary/aromatic N) is 3. The predicted octanol–water partition coefficient (Wildman–Crippen LogP) is 3.85. The molecule has 0 radical (unpaired) electrons. The van der Waals surface area contributed by atoms with Crippen LogP contribution in [-0.4, -0.2) is 45.6 Å². The summed E-state index contributed by atoms with van der Waals surface area (Å²) in [7, 11) is 0. The van der Waals surface area contributed by atoms with Crippen LogP contribution >= 0.6 is 11.6 Å². The van der Waals surface area contributed by atoms with Gasteiger partial charge in [0, 0.05) is 29.9 Å². The SMILES string of the molecule is Cc1cnn(C2CCN(C(=O)C(CC(C)C)NC(=O)c3ccc(Cl)cc3)CC2)c1. The Bertz CT molecular complexity index is 839. The molecule has 1 aromatic carbocycles. The normalized spacial score (nSPS) is 16.1. The van der Waals surface area contributed by atoms with E-state index < -0.39 is 6.04 Å². The molecule has 1 atom stereocenters. The maximum atomic E-state index is 13.2. The van der Waals surface area contributed by atoms with Gasteiger partial charge in [-0.1, -0.05) is 25.4 Å². The van der Waals surface area contributed by atoms with Crippen molar-refractivity contribution in [1.82, 2.24) is 20.0 Å². The van der Waals surface area contributed by atoms with Crippen molar-refractivity contribution in [2.45, 2.75) is 52.1 Å². The van der Waals surface area contributed by atoms with E-state index in [-0.39, 0.29) is 11.8 Å². The number of aromatic nitrogens is 2. The molecule has 2 amide bonds. The Hall–Kier alpha value is -2.34. The number of carbonyl (C=O) groups excluding carboxylic acids is 2. The Morgan fingerprint density at radius 2 is 1.86 bits per heavy atom. The van der Waals surface area contributed by atoms with Crippen LogP contribution in [0.25, 0.3) is 0 Å². The van der Waals surface area contributed by atoms with E-state index in [9.17, 15) is 9.59 Å². The van der Waals surface area contributed by atoms with Gasteiger partial charge in [0.2, 0.25) is 5.91 Å². The van der Waals surface area contributed by atoms with Gasteiger partial charge in [-0.25, -0.2) is 0 Å². The van der Waals surface area contributed by atoms with E-state index in [4.69, 9.17) is 11.6 Å². The summed E-state index contributed by atoms with van der Waals surface area (Å²) in [6, 6.07) is 6.49. The first kappa shape index (κ1) is 21.4. The van der Waals surface area contributed by atoms with Crippen LogP contribution in [0.15, 0.2) is 36.7 Å².